The van der Waals surface area contributed by atoms with E-state index in [1.165, 1.54) is 11.3 Å². The van der Waals surface area contributed by atoms with Crippen molar-refractivity contribution in [3.05, 3.63) is 87.9 Å². The molecule has 2 N–H and O–H groups in total. The first kappa shape index (κ1) is 19.8. The van der Waals surface area contributed by atoms with E-state index in [0.29, 0.717) is 4.88 Å². The van der Waals surface area contributed by atoms with Crippen LogP contribution in [-0.4, -0.2) is 22.3 Å². The van der Waals surface area contributed by atoms with Crippen LogP contribution in [0.2, 0.25) is 0 Å². The Labute approximate surface area is 168 Å². The number of benzene rings is 1. The molecule has 1 unspecified atom stereocenters. The Morgan fingerprint density at radius 2 is 1.64 bits per heavy atom. The minimum atomic E-state index is -1.07. The normalized spacial score (nSPS) is 12.2. The molecule has 0 aliphatic carbocycles. The van der Waals surface area contributed by atoms with Gasteiger partial charge < -0.3 is 10.6 Å². The summed E-state index contributed by atoms with van der Waals surface area (Å²) in [6.07, 6.45) is 3.40. The summed E-state index contributed by atoms with van der Waals surface area (Å²) >= 11 is 1.34. The van der Waals surface area contributed by atoms with Crippen LogP contribution < -0.4 is 10.6 Å². The van der Waals surface area contributed by atoms with Gasteiger partial charge in [-0.05, 0) is 55.5 Å². The number of hydrogen-bond donors (Lipinski definition) is 2. The van der Waals surface area contributed by atoms with E-state index >= 15 is 0 Å². The predicted octanol–water partition coefficient (Wildman–Crippen LogP) is 3.87. The first-order valence-corrected chi connectivity index (χ1v) is 9.88. The van der Waals surface area contributed by atoms with Crippen LogP contribution in [0.1, 0.15) is 46.3 Å². The maximum absolute atomic E-state index is 13.1. The summed E-state index contributed by atoms with van der Waals surface area (Å²) in [6.45, 7) is 5.42. The van der Waals surface area contributed by atoms with Crippen LogP contribution in [0.15, 0.2) is 66.3 Å². The lowest BCUT2D eigenvalue weighted by atomic mass is 9.96. The highest BCUT2D eigenvalue weighted by atomic mass is 32.1. The van der Waals surface area contributed by atoms with Gasteiger partial charge in [0.1, 0.15) is 5.54 Å². The van der Waals surface area contributed by atoms with Gasteiger partial charge >= 0.3 is 0 Å². The molecule has 144 valence electrons. The van der Waals surface area contributed by atoms with Crippen molar-refractivity contribution in [2.75, 3.05) is 0 Å². The molecule has 0 aliphatic heterocycles. The third-order valence-electron chi connectivity index (χ3n) is 4.46. The Morgan fingerprint density at radius 1 is 1.00 bits per heavy atom. The van der Waals surface area contributed by atoms with E-state index in [4.69, 9.17) is 0 Å². The molecule has 1 atom stereocenters. The molecule has 2 heterocycles. The Balaban J connectivity index is 1.82. The van der Waals surface area contributed by atoms with Crippen LogP contribution in [0.25, 0.3) is 0 Å². The zero-order valence-corrected chi connectivity index (χ0v) is 16.9. The average molecular weight is 394 g/mol. The van der Waals surface area contributed by atoms with Crippen molar-refractivity contribution in [1.29, 1.82) is 0 Å². The lowest BCUT2D eigenvalue weighted by Crippen LogP contribution is -2.55. The monoisotopic (exact) mass is 393 g/mol. The SMILES string of the molecule is Cc1ccc(C(NC(=O)C(C)(C)NC(=O)c2cccs2)c2ccncc2)cc1. The Hall–Kier alpha value is -2.99. The molecule has 5 nitrogen and oxygen atoms in total. The molecular weight excluding hydrogens is 370 g/mol. The second-order valence-corrected chi connectivity index (χ2v) is 8.10. The third kappa shape index (κ3) is 4.64. The standard InChI is InChI=1S/C22H23N3O2S/c1-15-6-8-16(9-7-15)19(17-10-12-23-13-11-17)24-21(27)22(2,3)25-20(26)18-5-4-14-28-18/h4-14,19H,1-3H3,(H,24,27)(H,25,26). The number of thiophene rings is 1. The number of nitrogens with one attached hydrogen (secondary N) is 2. The fraction of sp³-hybridized carbons (Fsp3) is 0.227. The molecule has 0 aliphatic rings. The average Bonchev–Trinajstić information content (AvgIpc) is 3.22. The van der Waals surface area contributed by atoms with Crippen molar-refractivity contribution in [1.82, 2.24) is 15.6 Å². The van der Waals surface area contributed by atoms with Gasteiger partial charge in [0.2, 0.25) is 5.91 Å². The summed E-state index contributed by atoms with van der Waals surface area (Å²) in [5.74, 6) is -0.522. The smallest absolute Gasteiger partial charge is 0.262 e. The van der Waals surface area contributed by atoms with Crippen molar-refractivity contribution in [2.24, 2.45) is 0 Å². The molecule has 2 aromatic heterocycles. The highest BCUT2D eigenvalue weighted by molar-refractivity contribution is 7.12. The molecule has 6 heteroatoms. The topological polar surface area (TPSA) is 71.1 Å². The zero-order valence-electron chi connectivity index (χ0n) is 16.1. The Morgan fingerprint density at radius 3 is 2.25 bits per heavy atom. The van der Waals surface area contributed by atoms with E-state index in [-0.39, 0.29) is 17.9 Å². The number of amides is 2. The lowest BCUT2D eigenvalue weighted by molar-refractivity contribution is -0.126. The van der Waals surface area contributed by atoms with Crippen molar-refractivity contribution in [2.45, 2.75) is 32.4 Å². The zero-order chi connectivity index (χ0) is 20.1. The largest absolute Gasteiger partial charge is 0.343 e. The summed E-state index contributed by atoms with van der Waals surface area (Å²) < 4.78 is 0. The van der Waals surface area contributed by atoms with Crippen LogP contribution in [0.5, 0.6) is 0 Å². The molecule has 3 rings (SSSR count). The quantitative estimate of drug-likeness (QED) is 0.668. The fourth-order valence-electron chi connectivity index (χ4n) is 2.80. The minimum absolute atomic E-state index is 0.258. The number of aryl methyl sites for hydroxylation is 1. The van der Waals surface area contributed by atoms with E-state index in [0.717, 1.165) is 16.7 Å². The van der Waals surface area contributed by atoms with Crippen molar-refractivity contribution < 1.29 is 9.59 Å². The molecule has 0 bridgehead atoms. The van der Waals surface area contributed by atoms with E-state index in [1.807, 2.05) is 54.8 Å². The van der Waals surface area contributed by atoms with Gasteiger partial charge in [-0.25, -0.2) is 0 Å². The molecule has 1 aromatic carbocycles. The van der Waals surface area contributed by atoms with E-state index in [2.05, 4.69) is 15.6 Å². The highest BCUT2D eigenvalue weighted by Gasteiger charge is 2.32. The number of aromatic nitrogens is 1. The second kappa shape index (κ2) is 8.35. The molecular formula is C22H23N3O2S. The van der Waals surface area contributed by atoms with Crippen molar-refractivity contribution >= 4 is 23.2 Å². The van der Waals surface area contributed by atoms with Crippen LogP contribution in [-0.2, 0) is 4.79 Å². The van der Waals surface area contributed by atoms with Gasteiger partial charge in [-0.15, -0.1) is 11.3 Å². The molecule has 0 saturated carbocycles. The number of carbonyl (C=O) groups is 2. The molecule has 0 spiro atoms. The van der Waals surface area contributed by atoms with Gasteiger partial charge in [0, 0.05) is 12.4 Å². The van der Waals surface area contributed by atoms with Crippen LogP contribution in [0, 0.1) is 6.92 Å². The van der Waals surface area contributed by atoms with Crippen molar-refractivity contribution in [3.8, 4) is 0 Å². The summed E-state index contributed by atoms with van der Waals surface area (Å²) in [5, 5.41) is 7.74. The van der Waals surface area contributed by atoms with Crippen LogP contribution in [0.4, 0.5) is 0 Å². The van der Waals surface area contributed by atoms with E-state index < -0.39 is 5.54 Å². The summed E-state index contributed by atoms with van der Waals surface area (Å²) in [5.41, 5.74) is 1.96. The number of rotatable bonds is 6. The van der Waals surface area contributed by atoms with E-state index in [1.54, 1.807) is 32.3 Å². The minimum Gasteiger partial charge on any atom is -0.343 e. The first-order valence-electron chi connectivity index (χ1n) is 9.00. The Bertz CT molecular complexity index is 936. The maximum Gasteiger partial charge on any atom is 0.262 e. The summed E-state index contributed by atoms with van der Waals surface area (Å²) in [4.78, 5) is 30.1. The predicted molar refractivity (Wildman–Crippen MR) is 111 cm³/mol. The number of nitrogens with zero attached hydrogens (tertiary/aromatic N) is 1. The van der Waals surface area contributed by atoms with Gasteiger partial charge in [-0.3, -0.25) is 14.6 Å². The molecule has 2 amide bonds. The van der Waals surface area contributed by atoms with Crippen molar-refractivity contribution in [3.63, 3.8) is 0 Å². The fourth-order valence-corrected chi connectivity index (χ4v) is 3.41. The Kier molecular flexibility index (Phi) is 5.90. The third-order valence-corrected chi connectivity index (χ3v) is 5.33. The maximum atomic E-state index is 13.1. The molecule has 3 aromatic rings. The van der Waals surface area contributed by atoms with Gasteiger partial charge in [0.25, 0.3) is 5.91 Å². The molecule has 0 fully saturated rings. The first-order chi connectivity index (χ1) is 13.4. The lowest BCUT2D eigenvalue weighted by Gasteiger charge is -2.28. The highest BCUT2D eigenvalue weighted by Crippen LogP contribution is 2.23. The van der Waals surface area contributed by atoms with Crippen LogP contribution in [0.3, 0.4) is 0 Å². The van der Waals surface area contributed by atoms with Crippen LogP contribution >= 0.6 is 11.3 Å². The summed E-state index contributed by atoms with van der Waals surface area (Å²) in [7, 11) is 0. The molecule has 28 heavy (non-hydrogen) atoms. The molecule has 0 radical (unpaired) electrons. The van der Waals surface area contributed by atoms with Gasteiger partial charge in [0.15, 0.2) is 0 Å². The molecule has 0 saturated heterocycles. The number of pyridine rings is 1. The number of carbonyl (C=O) groups excluding carboxylic acids is 2. The van der Waals surface area contributed by atoms with E-state index in [9.17, 15) is 9.59 Å². The van der Waals surface area contributed by atoms with Gasteiger partial charge in [0.05, 0.1) is 10.9 Å². The number of hydrogen-bond acceptors (Lipinski definition) is 4. The summed E-state index contributed by atoms with van der Waals surface area (Å²) in [6, 6.07) is 15.0. The van der Waals surface area contributed by atoms with Gasteiger partial charge in [-0.1, -0.05) is 35.9 Å². The second-order valence-electron chi connectivity index (χ2n) is 7.15. The van der Waals surface area contributed by atoms with Gasteiger partial charge in [-0.2, -0.15) is 0 Å².